The molecule has 1 aromatic carbocycles. The number of aryl methyl sites for hydroxylation is 1. The van der Waals surface area contributed by atoms with Crippen molar-refractivity contribution in [1.82, 2.24) is 10.3 Å². The number of aromatic nitrogens is 1. The smallest absolute Gasteiger partial charge is 0.225 e. The Kier molecular flexibility index (Phi) is 6.18. The molecule has 0 aliphatic carbocycles. The van der Waals surface area contributed by atoms with Gasteiger partial charge in [0.1, 0.15) is 11.5 Å². The minimum Gasteiger partial charge on any atom is -0.497 e. The molecule has 1 aromatic heterocycles. The molecule has 0 radical (unpaired) electrons. The monoisotopic (exact) mass is 328 g/mol. The van der Waals surface area contributed by atoms with Crippen LogP contribution in [0.3, 0.4) is 0 Å². The number of nitrogens with zero attached hydrogens (tertiary/aromatic N) is 1. The zero-order valence-corrected chi connectivity index (χ0v) is 14.6. The summed E-state index contributed by atoms with van der Waals surface area (Å²) >= 11 is 0. The summed E-state index contributed by atoms with van der Waals surface area (Å²) in [5.74, 6) is 1.28. The van der Waals surface area contributed by atoms with Crippen molar-refractivity contribution in [2.45, 2.75) is 32.7 Å². The van der Waals surface area contributed by atoms with Gasteiger partial charge in [-0.05, 0) is 31.0 Å². The number of nitrogens with one attached hydrogen (secondary N) is 1. The fourth-order valence-electron chi connectivity index (χ4n) is 2.49. The summed E-state index contributed by atoms with van der Waals surface area (Å²) in [6.45, 7) is 4.02. The lowest BCUT2D eigenvalue weighted by molar-refractivity contribution is -0.121. The average Bonchev–Trinajstić information content (AvgIpc) is 2.60. The molecule has 2 aromatic rings. The van der Waals surface area contributed by atoms with Gasteiger partial charge in [-0.2, -0.15) is 0 Å². The summed E-state index contributed by atoms with van der Waals surface area (Å²) in [6, 6.07) is 9.32. The van der Waals surface area contributed by atoms with Gasteiger partial charge in [-0.25, -0.2) is 0 Å². The van der Waals surface area contributed by atoms with Crippen molar-refractivity contribution in [1.29, 1.82) is 0 Å². The number of ether oxygens (including phenoxy) is 2. The number of methoxy groups -OCH3 is 2. The van der Waals surface area contributed by atoms with Gasteiger partial charge >= 0.3 is 0 Å². The number of pyridine rings is 1. The van der Waals surface area contributed by atoms with E-state index in [9.17, 15) is 4.79 Å². The number of hydrogen-bond acceptors (Lipinski definition) is 4. The second kappa shape index (κ2) is 8.34. The molecule has 1 atom stereocenters. The maximum atomic E-state index is 12.4. The second-order valence-corrected chi connectivity index (χ2v) is 5.64. The van der Waals surface area contributed by atoms with Crippen LogP contribution in [0.25, 0.3) is 0 Å². The van der Waals surface area contributed by atoms with E-state index in [0.29, 0.717) is 11.5 Å². The van der Waals surface area contributed by atoms with E-state index in [1.54, 1.807) is 20.3 Å². The molecule has 0 saturated carbocycles. The highest BCUT2D eigenvalue weighted by Gasteiger charge is 2.16. The first-order valence-corrected chi connectivity index (χ1v) is 8.00. The Morgan fingerprint density at radius 3 is 2.58 bits per heavy atom. The highest BCUT2D eigenvalue weighted by molar-refractivity contribution is 5.79. The van der Waals surface area contributed by atoms with E-state index < -0.39 is 0 Å². The summed E-state index contributed by atoms with van der Waals surface area (Å²) in [5, 5.41) is 3.04. The van der Waals surface area contributed by atoms with Crippen LogP contribution in [-0.4, -0.2) is 25.1 Å². The molecule has 2 rings (SSSR count). The third-order valence-corrected chi connectivity index (χ3v) is 3.88. The zero-order valence-electron chi connectivity index (χ0n) is 14.6. The minimum atomic E-state index is -0.0951. The molecule has 5 nitrogen and oxygen atoms in total. The number of hydrogen-bond donors (Lipinski definition) is 1. The van der Waals surface area contributed by atoms with Crippen molar-refractivity contribution < 1.29 is 14.3 Å². The van der Waals surface area contributed by atoms with Gasteiger partial charge in [0.2, 0.25) is 5.91 Å². The standard InChI is InChI=1S/C19H24N2O3/c1-5-16(17-9-6-13(2)12-20-17)21-19(22)10-14-7-8-15(23-3)11-18(14)24-4/h6-9,11-12,16H,5,10H2,1-4H3,(H,21,22)/t16-/m1/s1. The largest absolute Gasteiger partial charge is 0.497 e. The van der Waals surface area contributed by atoms with Gasteiger partial charge in [0.05, 0.1) is 32.4 Å². The molecular formula is C19H24N2O3. The molecule has 1 N–H and O–H groups in total. The van der Waals surface area contributed by atoms with E-state index in [2.05, 4.69) is 10.3 Å². The van der Waals surface area contributed by atoms with Crippen LogP contribution < -0.4 is 14.8 Å². The molecule has 5 heteroatoms. The van der Waals surface area contributed by atoms with Gasteiger partial charge in [0.25, 0.3) is 0 Å². The molecular weight excluding hydrogens is 304 g/mol. The third-order valence-electron chi connectivity index (χ3n) is 3.88. The van der Waals surface area contributed by atoms with E-state index in [1.807, 2.05) is 44.3 Å². The van der Waals surface area contributed by atoms with Crippen molar-refractivity contribution in [2.75, 3.05) is 14.2 Å². The summed E-state index contributed by atoms with van der Waals surface area (Å²) in [7, 11) is 3.18. The molecule has 1 amide bonds. The molecule has 0 aliphatic heterocycles. The highest BCUT2D eigenvalue weighted by Crippen LogP contribution is 2.25. The molecule has 24 heavy (non-hydrogen) atoms. The van der Waals surface area contributed by atoms with Gasteiger partial charge < -0.3 is 14.8 Å². The zero-order chi connectivity index (χ0) is 17.5. The van der Waals surface area contributed by atoms with Gasteiger partial charge in [-0.1, -0.05) is 19.1 Å². The number of carbonyl (C=O) groups is 1. The van der Waals surface area contributed by atoms with Gasteiger partial charge in [0, 0.05) is 17.8 Å². The fraction of sp³-hybridized carbons (Fsp3) is 0.368. The van der Waals surface area contributed by atoms with Gasteiger partial charge in [-0.3, -0.25) is 9.78 Å². The first-order valence-electron chi connectivity index (χ1n) is 8.00. The van der Waals surface area contributed by atoms with Crippen LogP contribution in [0.2, 0.25) is 0 Å². The Morgan fingerprint density at radius 1 is 1.21 bits per heavy atom. The molecule has 0 unspecified atom stereocenters. The molecule has 0 fully saturated rings. The molecule has 0 spiro atoms. The van der Waals surface area contributed by atoms with Crippen LogP contribution in [0.5, 0.6) is 11.5 Å². The predicted molar refractivity (Wildman–Crippen MR) is 93.4 cm³/mol. The molecule has 1 heterocycles. The summed E-state index contributed by atoms with van der Waals surface area (Å²) in [6.07, 6.45) is 2.84. The van der Waals surface area contributed by atoms with Gasteiger partial charge in [0.15, 0.2) is 0 Å². The lowest BCUT2D eigenvalue weighted by atomic mass is 10.1. The second-order valence-electron chi connectivity index (χ2n) is 5.64. The van der Waals surface area contributed by atoms with Crippen molar-refractivity contribution in [2.24, 2.45) is 0 Å². The minimum absolute atomic E-state index is 0.0623. The number of rotatable bonds is 7. The Labute approximate surface area is 143 Å². The van der Waals surface area contributed by atoms with E-state index in [4.69, 9.17) is 9.47 Å². The van der Waals surface area contributed by atoms with Crippen molar-refractivity contribution in [3.05, 3.63) is 53.3 Å². The van der Waals surface area contributed by atoms with Crippen molar-refractivity contribution >= 4 is 5.91 Å². The topological polar surface area (TPSA) is 60.5 Å². The Morgan fingerprint density at radius 2 is 2.00 bits per heavy atom. The predicted octanol–water partition coefficient (Wildman–Crippen LogP) is 3.22. The first-order chi connectivity index (χ1) is 11.6. The summed E-state index contributed by atoms with van der Waals surface area (Å²) < 4.78 is 10.5. The first kappa shape index (κ1) is 17.8. The van der Waals surface area contributed by atoms with Crippen LogP contribution in [0, 0.1) is 6.92 Å². The van der Waals surface area contributed by atoms with Crippen molar-refractivity contribution in [3.63, 3.8) is 0 Å². The Hall–Kier alpha value is -2.56. The molecule has 0 bridgehead atoms. The summed E-state index contributed by atoms with van der Waals surface area (Å²) in [4.78, 5) is 16.8. The quantitative estimate of drug-likeness (QED) is 0.848. The van der Waals surface area contributed by atoms with Crippen LogP contribution in [0.15, 0.2) is 36.5 Å². The molecule has 0 saturated heterocycles. The number of carbonyl (C=O) groups excluding carboxylic acids is 1. The SMILES string of the molecule is CC[C@@H](NC(=O)Cc1ccc(OC)cc1OC)c1ccc(C)cn1. The van der Waals surface area contributed by atoms with Crippen LogP contribution in [0.1, 0.15) is 36.2 Å². The highest BCUT2D eigenvalue weighted by atomic mass is 16.5. The molecule has 0 aliphatic rings. The lowest BCUT2D eigenvalue weighted by Crippen LogP contribution is -2.30. The third kappa shape index (κ3) is 4.47. The lowest BCUT2D eigenvalue weighted by Gasteiger charge is -2.17. The number of benzene rings is 1. The van der Waals surface area contributed by atoms with Gasteiger partial charge in [-0.15, -0.1) is 0 Å². The van der Waals surface area contributed by atoms with Crippen LogP contribution >= 0.6 is 0 Å². The Bertz CT molecular complexity index is 684. The molecule has 128 valence electrons. The van der Waals surface area contributed by atoms with Crippen LogP contribution in [0.4, 0.5) is 0 Å². The van der Waals surface area contributed by atoms with Crippen LogP contribution in [-0.2, 0) is 11.2 Å². The van der Waals surface area contributed by atoms with E-state index in [0.717, 1.165) is 23.2 Å². The fourth-order valence-corrected chi connectivity index (χ4v) is 2.49. The van der Waals surface area contributed by atoms with Crippen molar-refractivity contribution in [3.8, 4) is 11.5 Å². The maximum absolute atomic E-state index is 12.4. The van der Waals surface area contributed by atoms with E-state index in [-0.39, 0.29) is 18.4 Å². The normalized spacial score (nSPS) is 11.7. The summed E-state index contributed by atoms with van der Waals surface area (Å²) in [5.41, 5.74) is 2.79. The van der Waals surface area contributed by atoms with E-state index in [1.165, 1.54) is 0 Å². The Balaban J connectivity index is 2.07. The average molecular weight is 328 g/mol. The number of amides is 1. The maximum Gasteiger partial charge on any atom is 0.225 e. The van der Waals surface area contributed by atoms with E-state index >= 15 is 0 Å².